The van der Waals surface area contributed by atoms with E-state index < -0.39 is 34.7 Å². The van der Waals surface area contributed by atoms with Gasteiger partial charge < -0.3 is 33.6 Å². The van der Waals surface area contributed by atoms with Crippen LogP contribution in [-0.4, -0.2) is 81.2 Å². The van der Waals surface area contributed by atoms with Crippen LogP contribution < -0.4 is 22.5 Å². The lowest BCUT2D eigenvalue weighted by atomic mass is 10.2. The first-order valence-electron chi connectivity index (χ1n) is 11.4. The molecule has 0 unspecified atom stereocenters. The van der Waals surface area contributed by atoms with Crippen LogP contribution in [0.1, 0.15) is 24.0 Å². The Morgan fingerprint density at radius 3 is 1.83 bits per heavy atom. The molecule has 4 N–H and O–H groups in total. The predicted octanol–water partition coefficient (Wildman–Crippen LogP) is -1.74. The number of aliphatic hydroxyl groups excluding tert-OH is 2. The molecule has 0 saturated carbocycles. The largest absolute Gasteiger partial charge is 0.394 e. The number of ether oxygens (including phenoxy) is 3. The number of hydrogen-bond acceptors (Lipinski definition) is 9. The zero-order valence-corrected chi connectivity index (χ0v) is 20.0. The summed E-state index contributed by atoms with van der Waals surface area (Å²) in [5.41, 5.74) is -1.05. The Hall–Kier alpha value is -2.84. The fraction of sp³-hybridized carbons (Fsp3) is 0.636. The van der Waals surface area contributed by atoms with Gasteiger partial charge in [-0.25, -0.2) is 9.59 Å². The molecule has 0 bridgehead atoms. The molecule has 13 heteroatoms. The normalized spacial score (nSPS) is 13.1. The Labute approximate surface area is 200 Å². The van der Waals surface area contributed by atoms with Crippen LogP contribution in [0.2, 0.25) is 0 Å². The highest BCUT2D eigenvalue weighted by atomic mass is 16.6. The van der Waals surface area contributed by atoms with Gasteiger partial charge in [-0.15, -0.1) is 0 Å². The topological polar surface area (TPSA) is 178 Å². The van der Waals surface area contributed by atoms with Crippen LogP contribution >= 0.6 is 0 Å². The average molecular weight is 499 g/mol. The van der Waals surface area contributed by atoms with E-state index in [1.807, 2.05) is 0 Å². The number of aliphatic hydroxyl groups is 2. The van der Waals surface area contributed by atoms with Gasteiger partial charge in [0.2, 0.25) is 0 Å². The maximum atomic E-state index is 11.9. The summed E-state index contributed by atoms with van der Waals surface area (Å²) in [5, 5.41) is 18.6. The maximum Gasteiger partial charge on any atom is 0.328 e. The van der Waals surface area contributed by atoms with Crippen LogP contribution in [0.25, 0.3) is 0 Å². The van der Waals surface area contributed by atoms with Crippen LogP contribution in [-0.2, 0) is 27.3 Å². The van der Waals surface area contributed by atoms with Gasteiger partial charge in [-0.1, -0.05) is 0 Å². The second-order valence-electron chi connectivity index (χ2n) is 8.07. The molecule has 0 aliphatic heterocycles. The van der Waals surface area contributed by atoms with Gasteiger partial charge in [0.15, 0.2) is 0 Å². The molecular weight excluding hydrogens is 464 g/mol. The number of H-pyrrole nitrogens is 2. The molecule has 2 atom stereocenters. The van der Waals surface area contributed by atoms with Gasteiger partial charge >= 0.3 is 11.4 Å². The van der Waals surface area contributed by atoms with Crippen molar-refractivity contribution in [1.29, 1.82) is 0 Å². The fourth-order valence-electron chi connectivity index (χ4n) is 3.29. The van der Waals surface area contributed by atoms with E-state index in [9.17, 15) is 24.3 Å². The van der Waals surface area contributed by atoms with Crippen LogP contribution in [0.15, 0.2) is 31.6 Å². The molecule has 2 aromatic heterocycles. The SMILES string of the molecule is Cc1cn(CC[C@@H](CO)OCCOC[C@H](CCn2cc(C)c(=O)[nH]c2=O)OCCO)c(=O)[nH]c1=O. The molecule has 35 heavy (non-hydrogen) atoms. The zero-order valence-electron chi connectivity index (χ0n) is 20.0. The third-order valence-corrected chi connectivity index (χ3v) is 5.30. The Morgan fingerprint density at radius 1 is 0.800 bits per heavy atom. The molecule has 13 nitrogen and oxygen atoms in total. The molecule has 196 valence electrons. The minimum Gasteiger partial charge on any atom is -0.394 e. The molecule has 0 saturated heterocycles. The molecule has 2 aromatic rings. The third kappa shape index (κ3) is 9.38. The van der Waals surface area contributed by atoms with E-state index in [1.165, 1.54) is 21.5 Å². The van der Waals surface area contributed by atoms with Gasteiger partial charge in [0.05, 0.1) is 51.8 Å². The number of hydrogen-bond donors (Lipinski definition) is 4. The summed E-state index contributed by atoms with van der Waals surface area (Å²) in [6.07, 6.45) is 2.81. The van der Waals surface area contributed by atoms with Crippen molar-refractivity contribution >= 4 is 0 Å². The van der Waals surface area contributed by atoms with Crippen molar-refractivity contribution < 1.29 is 24.4 Å². The lowest BCUT2D eigenvalue weighted by molar-refractivity contribution is -0.0594. The number of aryl methyl sites for hydroxylation is 4. The van der Waals surface area contributed by atoms with Crippen LogP contribution in [0.3, 0.4) is 0 Å². The highest BCUT2D eigenvalue weighted by Gasteiger charge is 2.13. The Balaban J connectivity index is 1.76. The summed E-state index contributed by atoms with van der Waals surface area (Å²) in [5.74, 6) is 0. The summed E-state index contributed by atoms with van der Waals surface area (Å²) in [4.78, 5) is 51.2. The molecule has 0 aromatic carbocycles. The van der Waals surface area contributed by atoms with Crippen LogP contribution in [0.5, 0.6) is 0 Å². The smallest absolute Gasteiger partial charge is 0.328 e. The summed E-state index contributed by atoms with van der Waals surface area (Å²) in [6, 6.07) is 0. The van der Waals surface area contributed by atoms with Crippen molar-refractivity contribution in [3.05, 3.63) is 65.2 Å². The van der Waals surface area contributed by atoms with Crippen LogP contribution in [0, 0.1) is 13.8 Å². The first-order chi connectivity index (χ1) is 16.7. The molecular formula is C22H34N4O9. The Kier molecular flexibility index (Phi) is 11.8. The molecule has 0 spiro atoms. The molecule has 2 heterocycles. The standard InChI is InChI=1S/C22H34N4O9/c1-15-11-25(21(31)23-19(15)29)5-3-17(13-28)35-10-9-33-14-18(34-8-7-27)4-6-26-12-16(2)20(30)24-22(26)32/h11-12,17-18,27-28H,3-10,13-14H2,1-2H3,(H,23,29,31)(H,24,30,32)/t17-,18-/m0/s1. The average Bonchev–Trinajstić information content (AvgIpc) is 2.82. The van der Waals surface area contributed by atoms with E-state index in [-0.39, 0.29) is 46.2 Å². The molecule has 0 radical (unpaired) electrons. The molecule has 2 rings (SSSR count). The molecule has 0 aliphatic rings. The van der Waals surface area contributed by atoms with Gasteiger partial charge in [-0.05, 0) is 26.7 Å². The minimum atomic E-state index is -0.520. The van der Waals surface area contributed by atoms with E-state index >= 15 is 0 Å². The van der Waals surface area contributed by atoms with E-state index in [2.05, 4.69) is 9.97 Å². The number of aromatic amines is 2. The second kappa shape index (κ2) is 14.5. The first-order valence-corrected chi connectivity index (χ1v) is 11.4. The highest BCUT2D eigenvalue weighted by molar-refractivity contribution is 5.01. The van der Waals surface area contributed by atoms with Gasteiger partial charge in [0, 0.05) is 36.6 Å². The quantitative estimate of drug-likeness (QED) is 0.195. The summed E-state index contributed by atoms with van der Waals surface area (Å²) >= 11 is 0. The number of nitrogens with zero attached hydrogens (tertiary/aromatic N) is 2. The molecule has 0 fully saturated rings. The number of nitrogens with one attached hydrogen (secondary N) is 2. The van der Waals surface area contributed by atoms with E-state index in [4.69, 9.17) is 19.3 Å². The summed E-state index contributed by atoms with van der Waals surface area (Å²) in [7, 11) is 0. The Morgan fingerprint density at radius 2 is 1.31 bits per heavy atom. The highest BCUT2D eigenvalue weighted by Crippen LogP contribution is 2.04. The third-order valence-electron chi connectivity index (χ3n) is 5.30. The van der Waals surface area contributed by atoms with Crippen molar-refractivity contribution in [2.75, 3.05) is 39.6 Å². The van der Waals surface area contributed by atoms with Crippen molar-refractivity contribution in [3.8, 4) is 0 Å². The monoisotopic (exact) mass is 498 g/mol. The van der Waals surface area contributed by atoms with Gasteiger partial charge in [0.1, 0.15) is 0 Å². The van der Waals surface area contributed by atoms with Gasteiger partial charge in [0.25, 0.3) is 11.1 Å². The first kappa shape index (κ1) is 28.4. The number of rotatable bonds is 16. The van der Waals surface area contributed by atoms with E-state index in [0.29, 0.717) is 30.5 Å². The zero-order chi connectivity index (χ0) is 25.8. The summed E-state index contributed by atoms with van der Waals surface area (Å²) < 4.78 is 19.5. The molecule has 0 amide bonds. The van der Waals surface area contributed by atoms with Crippen molar-refractivity contribution in [2.45, 2.75) is 52.0 Å². The summed E-state index contributed by atoms with van der Waals surface area (Å²) in [6.45, 7) is 4.07. The molecule has 0 aliphatic carbocycles. The number of aromatic nitrogens is 4. The lowest BCUT2D eigenvalue weighted by Gasteiger charge is -2.19. The lowest BCUT2D eigenvalue weighted by Crippen LogP contribution is -2.33. The van der Waals surface area contributed by atoms with Crippen molar-refractivity contribution in [2.24, 2.45) is 0 Å². The van der Waals surface area contributed by atoms with Gasteiger partial charge in [-0.2, -0.15) is 0 Å². The van der Waals surface area contributed by atoms with Gasteiger partial charge in [-0.3, -0.25) is 19.6 Å². The van der Waals surface area contributed by atoms with Crippen LogP contribution in [0.4, 0.5) is 0 Å². The van der Waals surface area contributed by atoms with Crippen molar-refractivity contribution in [3.63, 3.8) is 0 Å². The van der Waals surface area contributed by atoms with Crippen molar-refractivity contribution in [1.82, 2.24) is 19.1 Å². The Bertz CT molecular complexity index is 1150. The van der Waals surface area contributed by atoms with E-state index in [0.717, 1.165) is 0 Å². The fourth-order valence-corrected chi connectivity index (χ4v) is 3.29. The van der Waals surface area contributed by atoms with E-state index in [1.54, 1.807) is 13.8 Å². The second-order valence-corrected chi connectivity index (χ2v) is 8.07. The maximum absolute atomic E-state index is 11.9. The minimum absolute atomic E-state index is 0.111. The predicted molar refractivity (Wildman–Crippen MR) is 126 cm³/mol.